The number of benzene rings is 1. The molecule has 0 aliphatic heterocycles. The van der Waals surface area contributed by atoms with Gasteiger partial charge in [0.1, 0.15) is 0 Å². The van der Waals surface area contributed by atoms with Crippen molar-refractivity contribution in [3.05, 3.63) is 30.5 Å². The summed E-state index contributed by atoms with van der Waals surface area (Å²) in [6, 6.07) is 8.17. The smallest absolute Gasteiger partial charge is 0.204 e. The predicted molar refractivity (Wildman–Crippen MR) is 56.1 cm³/mol. The molecule has 3 aromatic rings. The highest BCUT2D eigenvalue weighted by molar-refractivity contribution is 5.84. The summed E-state index contributed by atoms with van der Waals surface area (Å²) in [5.74, 6) is 0.626. The maximum absolute atomic E-state index is 3.95. The number of aromatic nitrogens is 5. The number of hydrogen-bond donors (Lipinski definition) is 1. The molecule has 0 aliphatic carbocycles. The molecule has 0 spiro atoms. The second kappa shape index (κ2) is 2.91. The molecule has 0 aliphatic rings. The van der Waals surface area contributed by atoms with Crippen LogP contribution in [0, 0.1) is 0 Å². The quantitative estimate of drug-likeness (QED) is 0.643. The van der Waals surface area contributed by atoms with Gasteiger partial charge in [0.05, 0.1) is 0 Å². The van der Waals surface area contributed by atoms with Crippen molar-refractivity contribution in [3.8, 4) is 11.4 Å². The summed E-state index contributed by atoms with van der Waals surface area (Å²) in [5, 5.41) is 15.1. The average Bonchev–Trinajstić information content (AvgIpc) is 2.88. The highest BCUT2D eigenvalue weighted by Gasteiger charge is 2.04. The number of fused-ring (bicyclic) bond motifs is 1. The van der Waals surface area contributed by atoms with Gasteiger partial charge in [0.25, 0.3) is 0 Å². The number of aromatic amines is 1. The second-order valence-electron chi connectivity index (χ2n) is 3.44. The van der Waals surface area contributed by atoms with Gasteiger partial charge in [-0.3, -0.25) is 0 Å². The van der Waals surface area contributed by atoms with Crippen LogP contribution in [0.5, 0.6) is 0 Å². The lowest BCUT2D eigenvalue weighted by molar-refractivity contribution is 0.881. The summed E-state index contributed by atoms with van der Waals surface area (Å²) in [6.45, 7) is 0. The summed E-state index contributed by atoms with van der Waals surface area (Å²) < 4.78 is 2.08. The van der Waals surface area contributed by atoms with Crippen LogP contribution in [0.15, 0.2) is 30.5 Å². The van der Waals surface area contributed by atoms with Crippen LogP contribution in [-0.4, -0.2) is 25.2 Å². The molecule has 0 saturated carbocycles. The van der Waals surface area contributed by atoms with Crippen LogP contribution in [0.25, 0.3) is 22.3 Å². The Morgan fingerprint density at radius 2 is 2.20 bits per heavy atom. The molecule has 3 rings (SSSR count). The van der Waals surface area contributed by atoms with E-state index in [-0.39, 0.29) is 0 Å². The van der Waals surface area contributed by atoms with E-state index in [9.17, 15) is 0 Å². The van der Waals surface area contributed by atoms with Crippen LogP contribution in [0.3, 0.4) is 0 Å². The number of tetrazole rings is 1. The van der Waals surface area contributed by atoms with E-state index in [0.29, 0.717) is 5.82 Å². The fourth-order valence-electron chi connectivity index (χ4n) is 1.70. The van der Waals surface area contributed by atoms with E-state index in [1.54, 1.807) is 0 Å². The van der Waals surface area contributed by atoms with E-state index >= 15 is 0 Å². The number of aryl methyl sites for hydroxylation is 1. The molecule has 1 aromatic carbocycles. The summed E-state index contributed by atoms with van der Waals surface area (Å²) in [7, 11) is 2.02. The summed E-state index contributed by atoms with van der Waals surface area (Å²) in [4.78, 5) is 0. The number of nitrogens with one attached hydrogen (secondary N) is 1. The van der Waals surface area contributed by atoms with E-state index in [4.69, 9.17) is 0 Å². The van der Waals surface area contributed by atoms with Crippen LogP contribution in [-0.2, 0) is 7.05 Å². The molecule has 1 N–H and O–H groups in total. The zero-order chi connectivity index (χ0) is 10.3. The molecular formula is C10H9N5. The first kappa shape index (κ1) is 8.16. The molecule has 5 nitrogen and oxygen atoms in total. The van der Waals surface area contributed by atoms with E-state index in [2.05, 4.69) is 43.4 Å². The monoisotopic (exact) mass is 199 g/mol. The normalized spacial score (nSPS) is 11.0. The molecule has 0 radical (unpaired) electrons. The van der Waals surface area contributed by atoms with Gasteiger partial charge in [0.2, 0.25) is 5.82 Å². The molecule has 0 bridgehead atoms. The summed E-state index contributed by atoms with van der Waals surface area (Å²) in [6.07, 6.45) is 2.03. The summed E-state index contributed by atoms with van der Waals surface area (Å²) >= 11 is 0. The molecule has 15 heavy (non-hydrogen) atoms. The van der Waals surface area contributed by atoms with Gasteiger partial charge in [-0.25, -0.2) is 0 Å². The molecule has 74 valence electrons. The average molecular weight is 199 g/mol. The third-order valence-corrected chi connectivity index (χ3v) is 2.49. The summed E-state index contributed by atoms with van der Waals surface area (Å²) in [5.41, 5.74) is 2.17. The fourth-order valence-corrected chi connectivity index (χ4v) is 1.70. The van der Waals surface area contributed by atoms with E-state index in [1.165, 1.54) is 10.9 Å². The maximum Gasteiger partial charge on any atom is 0.204 e. The number of H-pyrrole nitrogens is 1. The molecule has 2 heterocycles. The van der Waals surface area contributed by atoms with E-state index < -0.39 is 0 Å². The van der Waals surface area contributed by atoms with Crippen molar-refractivity contribution in [2.45, 2.75) is 0 Å². The Bertz CT molecular complexity index is 593. The SMILES string of the molecule is Cn1ccc2cc(-c3nn[nH]n3)ccc21. The fraction of sp³-hybridized carbons (Fsp3) is 0.100. The van der Waals surface area contributed by atoms with Crippen molar-refractivity contribution < 1.29 is 0 Å². The Hall–Kier alpha value is -2.17. The highest BCUT2D eigenvalue weighted by Crippen LogP contribution is 2.21. The van der Waals surface area contributed by atoms with Gasteiger partial charge in [0, 0.05) is 29.7 Å². The second-order valence-corrected chi connectivity index (χ2v) is 3.44. The standard InChI is InChI=1S/C10H9N5/c1-15-5-4-7-6-8(2-3-9(7)15)10-11-13-14-12-10/h2-6H,1H3,(H,11,12,13,14). The van der Waals surface area contributed by atoms with Gasteiger partial charge >= 0.3 is 0 Å². The Labute approximate surface area is 85.7 Å². The third-order valence-electron chi connectivity index (χ3n) is 2.49. The van der Waals surface area contributed by atoms with Crippen LogP contribution in [0.1, 0.15) is 0 Å². The number of nitrogens with zero attached hydrogens (tertiary/aromatic N) is 4. The van der Waals surface area contributed by atoms with Gasteiger partial charge in [-0.05, 0) is 29.5 Å². The first-order chi connectivity index (χ1) is 7.34. The van der Waals surface area contributed by atoms with Gasteiger partial charge < -0.3 is 4.57 Å². The molecule has 0 amide bonds. The minimum Gasteiger partial charge on any atom is -0.351 e. The molecule has 0 saturated heterocycles. The topological polar surface area (TPSA) is 59.4 Å². The van der Waals surface area contributed by atoms with E-state index in [0.717, 1.165) is 5.56 Å². The van der Waals surface area contributed by atoms with E-state index in [1.807, 2.05) is 19.3 Å². The number of hydrogen-bond acceptors (Lipinski definition) is 3. The molecular weight excluding hydrogens is 190 g/mol. The van der Waals surface area contributed by atoms with Crippen molar-refractivity contribution in [1.82, 2.24) is 25.2 Å². The Balaban J connectivity index is 2.23. The van der Waals surface area contributed by atoms with Crippen molar-refractivity contribution in [2.75, 3.05) is 0 Å². The van der Waals surface area contributed by atoms with Crippen LogP contribution in [0.2, 0.25) is 0 Å². The Morgan fingerprint density at radius 3 is 3.00 bits per heavy atom. The molecule has 2 aromatic heterocycles. The Morgan fingerprint density at radius 1 is 1.27 bits per heavy atom. The predicted octanol–water partition coefficient (Wildman–Crippen LogP) is 1.36. The zero-order valence-electron chi connectivity index (χ0n) is 8.18. The Kier molecular flexibility index (Phi) is 1.58. The van der Waals surface area contributed by atoms with Crippen LogP contribution in [0.4, 0.5) is 0 Å². The number of rotatable bonds is 1. The lowest BCUT2D eigenvalue weighted by Gasteiger charge is -1.97. The molecule has 5 heteroatoms. The van der Waals surface area contributed by atoms with Crippen molar-refractivity contribution >= 4 is 10.9 Å². The lowest BCUT2D eigenvalue weighted by Crippen LogP contribution is -1.85. The van der Waals surface area contributed by atoms with Gasteiger partial charge in [-0.1, -0.05) is 0 Å². The van der Waals surface area contributed by atoms with Crippen molar-refractivity contribution in [3.63, 3.8) is 0 Å². The molecule has 0 unspecified atom stereocenters. The first-order valence-electron chi connectivity index (χ1n) is 4.63. The zero-order valence-corrected chi connectivity index (χ0v) is 8.18. The lowest BCUT2D eigenvalue weighted by atomic mass is 10.1. The minimum absolute atomic E-state index is 0.626. The largest absolute Gasteiger partial charge is 0.351 e. The van der Waals surface area contributed by atoms with Crippen molar-refractivity contribution in [2.24, 2.45) is 7.05 Å². The van der Waals surface area contributed by atoms with Gasteiger partial charge in [0.15, 0.2) is 0 Å². The molecule has 0 fully saturated rings. The molecule has 0 atom stereocenters. The van der Waals surface area contributed by atoms with Crippen LogP contribution >= 0.6 is 0 Å². The minimum atomic E-state index is 0.626. The maximum atomic E-state index is 3.95. The highest BCUT2D eigenvalue weighted by atomic mass is 15.5. The van der Waals surface area contributed by atoms with Crippen LogP contribution < -0.4 is 0 Å². The first-order valence-corrected chi connectivity index (χ1v) is 4.63. The van der Waals surface area contributed by atoms with Gasteiger partial charge in [-0.2, -0.15) is 5.21 Å². The third kappa shape index (κ3) is 1.20. The van der Waals surface area contributed by atoms with Gasteiger partial charge in [-0.15, -0.1) is 10.2 Å². The van der Waals surface area contributed by atoms with Crippen molar-refractivity contribution in [1.29, 1.82) is 0 Å².